The number of hydrogen-bond donors (Lipinski definition) is 0. The van der Waals surface area contributed by atoms with Gasteiger partial charge in [-0.15, -0.1) is 0 Å². The normalized spacial score (nSPS) is 9.84. The molecule has 2 aromatic carbocycles. The molecule has 3 heteroatoms. The Labute approximate surface area is 112 Å². The largest absolute Gasteiger partial charge is 0.369 e. The average molecular weight is 251 g/mol. The summed E-state index contributed by atoms with van der Waals surface area (Å²) < 4.78 is 5.38. The fraction of sp³-hybridized carbons (Fsp3) is 0.125. The molecule has 2 aromatic rings. The zero-order valence-electron chi connectivity index (χ0n) is 10.4. The molecule has 0 amide bonds. The van der Waals surface area contributed by atoms with E-state index in [1.165, 1.54) is 0 Å². The zero-order valence-corrected chi connectivity index (χ0v) is 10.4. The highest BCUT2D eigenvalue weighted by Crippen LogP contribution is 2.06. The van der Waals surface area contributed by atoms with E-state index in [1.807, 2.05) is 36.4 Å². The Morgan fingerprint density at radius 2 is 1.89 bits per heavy atom. The van der Waals surface area contributed by atoms with Gasteiger partial charge in [0.25, 0.3) is 0 Å². The van der Waals surface area contributed by atoms with Crippen molar-refractivity contribution >= 4 is 5.78 Å². The number of hydrogen-bond acceptors (Lipinski definition) is 3. The number of Topliss-reactive ketones (excluding diaryl/α,β-unsaturated/α-hetero) is 1. The van der Waals surface area contributed by atoms with Crippen LogP contribution in [0.3, 0.4) is 0 Å². The number of benzene rings is 2. The standard InChI is InChI=1S/C16H13NO2/c17-10-14-7-4-8-15(9-14)16(18)12-19-11-13-5-2-1-3-6-13/h1-9H,11-12H2. The summed E-state index contributed by atoms with van der Waals surface area (Å²) in [5.74, 6) is -0.118. The lowest BCUT2D eigenvalue weighted by atomic mass is 10.1. The second kappa shape index (κ2) is 6.48. The molecule has 3 nitrogen and oxygen atoms in total. The highest BCUT2D eigenvalue weighted by Gasteiger charge is 2.06. The van der Waals surface area contributed by atoms with Crippen molar-refractivity contribution in [2.75, 3.05) is 6.61 Å². The average Bonchev–Trinajstić information content (AvgIpc) is 2.48. The lowest BCUT2D eigenvalue weighted by Gasteiger charge is -2.04. The molecule has 0 aliphatic heterocycles. The van der Waals surface area contributed by atoms with Gasteiger partial charge in [0, 0.05) is 5.56 Å². The second-order valence-corrected chi connectivity index (χ2v) is 4.09. The van der Waals surface area contributed by atoms with E-state index in [0.717, 1.165) is 5.56 Å². The molecule has 0 aliphatic carbocycles. The first kappa shape index (κ1) is 13.0. The van der Waals surface area contributed by atoms with Crippen LogP contribution in [-0.4, -0.2) is 12.4 Å². The quantitative estimate of drug-likeness (QED) is 0.768. The summed E-state index contributed by atoms with van der Waals surface area (Å²) in [4.78, 5) is 11.9. The molecule has 19 heavy (non-hydrogen) atoms. The maximum absolute atomic E-state index is 11.9. The van der Waals surface area contributed by atoms with Gasteiger partial charge in [-0.1, -0.05) is 42.5 Å². The van der Waals surface area contributed by atoms with E-state index in [4.69, 9.17) is 10.00 Å². The van der Waals surface area contributed by atoms with Crippen LogP contribution in [0.1, 0.15) is 21.5 Å². The van der Waals surface area contributed by atoms with Crippen LogP contribution < -0.4 is 0 Å². The van der Waals surface area contributed by atoms with Gasteiger partial charge in [0.15, 0.2) is 5.78 Å². The van der Waals surface area contributed by atoms with Crippen molar-refractivity contribution in [3.8, 4) is 6.07 Å². The zero-order chi connectivity index (χ0) is 13.5. The Morgan fingerprint density at radius 3 is 2.63 bits per heavy atom. The number of nitrogens with zero attached hydrogens (tertiary/aromatic N) is 1. The first-order valence-electron chi connectivity index (χ1n) is 5.94. The molecule has 0 aliphatic rings. The Balaban J connectivity index is 1.89. The Morgan fingerprint density at radius 1 is 1.11 bits per heavy atom. The minimum atomic E-state index is -0.118. The van der Waals surface area contributed by atoms with Crippen LogP contribution >= 0.6 is 0 Å². The molecule has 0 aromatic heterocycles. The molecule has 0 saturated heterocycles. The molecule has 2 rings (SSSR count). The van der Waals surface area contributed by atoms with Crippen LogP contribution in [0, 0.1) is 11.3 Å². The van der Waals surface area contributed by atoms with E-state index in [2.05, 4.69) is 0 Å². The highest BCUT2D eigenvalue weighted by atomic mass is 16.5. The molecule has 0 radical (unpaired) electrons. The van der Waals surface area contributed by atoms with Gasteiger partial charge in [-0.2, -0.15) is 5.26 Å². The summed E-state index contributed by atoms with van der Waals surface area (Å²) in [7, 11) is 0. The van der Waals surface area contributed by atoms with Crippen molar-refractivity contribution in [1.82, 2.24) is 0 Å². The van der Waals surface area contributed by atoms with Crippen LogP contribution in [0.5, 0.6) is 0 Å². The molecule has 0 heterocycles. The maximum atomic E-state index is 11.9. The summed E-state index contributed by atoms with van der Waals surface area (Å²) in [6.07, 6.45) is 0. The first-order valence-corrected chi connectivity index (χ1v) is 5.94. The van der Waals surface area contributed by atoms with Gasteiger partial charge >= 0.3 is 0 Å². The van der Waals surface area contributed by atoms with E-state index >= 15 is 0 Å². The predicted molar refractivity (Wildman–Crippen MR) is 71.6 cm³/mol. The van der Waals surface area contributed by atoms with E-state index in [9.17, 15) is 4.79 Å². The summed E-state index contributed by atoms with van der Waals surface area (Å²) in [5.41, 5.74) is 2.02. The fourth-order valence-corrected chi connectivity index (χ4v) is 1.68. The number of ketones is 1. The maximum Gasteiger partial charge on any atom is 0.188 e. The SMILES string of the molecule is N#Cc1cccc(C(=O)COCc2ccccc2)c1. The van der Waals surface area contributed by atoms with E-state index in [0.29, 0.717) is 17.7 Å². The number of carbonyl (C=O) groups excluding carboxylic acids is 1. The van der Waals surface area contributed by atoms with Crippen molar-refractivity contribution in [3.05, 3.63) is 71.3 Å². The van der Waals surface area contributed by atoms with Crippen molar-refractivity contribution in [2.24, 2.45) is 0 Å². The molecular weight excluding hydrogens is 238 g/mol. The number of nitriles is 1. The third-order valence-corrected chi connectivity index (χ3v) is 2.66. The third kappa shape index (κ3) is 3.77. The van der Waals surface area contributed by atoms with E-state index in [1.54, 1.807) is 24.3 Å². The van der Waals surface area contributed by atoms with Gasteiger partial charge in [-0.25, -0.2) is 0 Å². The van der Waals surface area contributed by atoms with Crippen molar-refractivity contribution < 1.29 is 9.53 Å². The summed E-state index contributed by atoms with van der Waals surface area (Å²) in [6.45, 7) is 0.425. The Hall–Kier alpha value is -2.44. The minimum Gasteiger partial charge on any atom is -0.369 e. The van der Waals surface area contributed by atoms with Gasteiger partial charge < -0.3 is 4.74 Å². The van der Waals surface area contributed by atoms with Gasteiger partial charge in [-0.05, 0) is 17.7 Å². The lowest BCUT2D eigenvalue weighted by molar-refractivity contribution is 0.0726. The van der Waals surface area contributed by atoms with Gasteiger partial charge in [-0.3, -0.25) is 4.79 Å². The Kier molecular flexibility index (Phi) is 4.44. The molecule has 0 atom stereocenters. The molecule has 0 unspecified atom stereocenters. The van der Waals surface area contributed by atoms with Crippen LogP contribution in [0.15, 0.2) is 54.6 Å². The molecule has 0 spiro atoms. The molecular formula is C16H13NO2. The predicted octanol–water partition coefficient (Wildman–Crippen LogP) is 2.96. The number of ether oxygens (including phenoxy) is 1. The second-order valence-electron chi connectivity index (χ2n) is 4.09. The summed E-state index contributed by atoms with van der Waals surface area (Å²) in [5, 5.41) is 8.78. The number of carbonyl (C=O) groups is 1. The molecule has 0 fully saturated rings. The Bertz CT molecular complexity index is 600. The van der Waals surface area contributed by atoms with Gasteiger partial charge in [0.2, 0.25) is 0 Å². The van der Waals surface area contributed by atoms with Crippen molar-refractivity contribution in [3.63, 3.8) is 0 Å². The summed E-state index contributed by atoms with van der Waals surface area (Å²) in [6, 6.07) is 18.3. The minimum absolute atomic E-state index is 0.0176. The topological polar surface area (TPSA) is 50.1 Å². The van der Waals surface area contributed by atoms with Crippen molar-refractivity contribution in [2.45, 2.75) is 6.61 Å². The smallest absolute Gasteiger partial charge is 0.188 e. The molecule has 94 valence electrons. The van der Waals surface area contributed by atoms with Crippen molar-refractivity contribution in [1.29, 1.82) is 5.26 Å². The molecule has 0 saturated carbocycles. The number of rotatable bonds is 5. The molecule has 0 N–H and O–H groups in total. The monoisotopic (exact) mass is 251 g/mol. The van der Waals surface area contributed by atoms with E-state index in [-0.39, 0.29) is 12.4 Å². The van der Waals surface area contributed by atoms with Gasteiger partial charge in [0.05, 0.1) is 18.2 Å². The molecule has 0 bridgehead atoms. The third-order valence-electron chi connectivity index (χ3n) is 2.66. The highest BCUT2D eigenvalue weighted by molar-refractivity contribution is 5.97. The van der Waals surface area contributed by atoms with Crippen LogP contribution in [0.25, 0.3) is 0 Å². The van der Waals surface area contributed by atoms with Crippen LogP contribution in [0.2, 0.25) is 0 Å². The van der Waals surface area contributed by atoms with Crippen LogP contribution in [0.4, 0.5) is 0 Å². The lowest BCUT2D eigenvalue weighted by Crippen LogP contribution is -2.09. The first-order chi connectivity index (χ1) is 9.29. The van der Waals surface area contributed by atoms with Gasteiger partial charge in [0.1, 0.15) is 6.61 Å². The fourth-order valence-electron chi connectivity index (χ4n) is 1.68. The van der Waals surface area contributed by atoms with E-state index < -0.39 is 0 Å². The summed E-state index contributed by atoms with van der Waals surface area (Å²) >= 11 is 0. The van der Waals surface area contributed by atoms with Crippen LogP contribution in [-0.2, 0) is 11.3 Å².